The molecule has 0 radical (unpaired) electrons. The van der Waals surface area contributed by atoms with Gasteiger partial charge in [0.25, 0.3) is 5.91 Å². The molecule has 12 atom stereocenters. The van der Waals surface area contributed by atoms with Crippen molar-refractivity contribution in [3.05, 3.63) is 119 Å². The molecule has 17 nitrogen and oxygen atoms in total. The highest BCUT2D eigenvalue weighted by atomic mass is 16.6. The zero-order valence-corrected chi connectivity index (χ0v) is 39.1. The van der Waals surface area contributed by atoms with Gasteiger partial charge in [-0.25, -0.2) is 9.59 Å². The number of fused-ring (bicyclic) bond motifs is 4. The molecular formula is C51H57NO16. The molecule has 7 rings (SSSR count). The van der Waals surface area contributed by atoms with Crippen LogP contribution in [0.15, 0.2) is 102 Å². The van der Waals surface area contributed by atoms with Gasteiger partial charge in [0.1, 0.15) is 24.4 Å². The molecule has 3 fully saturated rings. The van der Waals surface area contributed by atoms with Crippen molar-refractivity contribution in [2.24, 2.45) is 16.7 Å². The summed E-state index contributed by atoms with van der Waals surface area (Å²) in [6, 6.07) is 23.0. The quantitative estimate of drug-likeness (QED) is 0.120. The number of nitrogens with one attached hydrogen (secondary N) is 1. The predicted octanol–water partition coefficient (Wildman–Crippen LogP) is 4.67. The van der Waals surface area contributed by atoms with Crippen molar-refractivity contribution in [2.75, 3.05) is 6.61 Å². The van der Waals surface area contributed by atoms with Crippen LogP contribution in [0.3, 0.4) is 0 Å². The maximum absolute atomic E-state index is 14.5. The predicted molar refractivity (Wildman–Crippen MR) is 238 cm³/mol. The third kappa shape index (κ3) is 8.78. The standard InChI is InChI=1S/C51H57NO16/c1-27-35(66-47(60)40(57)39(32-18-12-9-13-19-32)52-45(58)33-20-14-10-15-21-33)25-50(48(6,7)61)38(27)41(67-46(59)34-22-16-11-17-23-34)43(64-29(3)54)49(8)36(63-28(2)53)24-37-51(26-62-37,68-31(5)56)42(49)44(50)65-30(4)55/h9-23,35-37,39-44,57,61H,24-26H2,1-8H3,(H,52,58)/t35-,36-,37+,39-,40+,41+,42-,43-,44-,49+,50-,51-/m0/s1. The molecule has 1 heterocycles. The molecule has 0 bridgehead atoms. The van der Waals surface area contributed by atoms with E-state index in [-0.39, 0.29) is 35.3 Å². The van der Waals surface area contributed by atoms with Crippen LogP contribution in [-0.2, 0) is 57.1 Å². The Balaban J connectivity index is 1.47. The van der Waals surface area contributed by atoms with Gasteiger partial charge in [0.05, 0.1) is 40.6 Å². The van der Waals surface area contributed by atoms with Gasteiger partial charge in [-0.1, -0.05) is 73.7 Å². The van der Waals surface area contributed by atoms with Gasteiger partial charge in [-0.2, -0.15) is 0 Å². The maximum atomic E-state index is 14.5. The molecule has 0 unspecified atom stereocenters. The first kappa shape index (κ1) is 49.5. The number of carbonyl (C=O) groups excluding carboxylic acids is 7. The van der Waals surface area contributed by atoms with E-state index in [0.29, 0.717) is 5.56 Å². The van der Waals surface area contributed by atoms with E-state index >= 15 is 0 Å². The lowest BCUT2D eigenvalue weighted by Crippen LogP contribution is -2.79. The van der Waals surface area contributed by atoms with Crippen molar-refractivity contribution in [3.63, 3.8) is 0 Å². The summed E-state index contributed by atoms with van der Waals surface area (Å²) in [6.45, 7) is 10.3. The van der Waals surface area contributed by atoms with Gasteiger partial charge in [-0.15, -0.1) is 0 Å². The summed E-state index contributed by atoms with van der Waals surface area (Å²) >= 11 is 0. The number of hydrogen-bond donors (Lipinski definition) is 3. The van der Waals surface area contributed by atoms with E-state index < -0.39 is 125 Å². The number of esters is 6. The fourth-order valence-electron chi connectivity index (χ4n) is 11.2. The van der Waals surface area contributed by atoms with Crippen LogP contribution in [-0.4, -0.2) is 112 Å². The normalized spacial score (nSPS) is 30.2. The lowest BCUT2D eigenvalue weighted by Gasteiger charge is -2.65. The van der Waals surface area contributed by atoms with Gasteiger partial charge in [0, 0.05) is 46.1 Å². The van der Waals surface area contributed by atoms with Crippen LogP contribution in [0.25, 0.3) is 0 Å². The Labute approximate surface area is 393 Å². The summed E-state index contributed by atoms with van der Waals surface area (Å²) in [7, 11) is 0. The highest BCUT2D eigenvalue weighted by molar-refractivity contribution is 5.95. The Bertz CT molecular complexity index is 2470. The summed E-state index contributed by atoms with van der Waals surface area (Å²) < 4.78 is 43.9. The number of aliphatic hydroxyl groups is 2. The summed E-state index contributed by atoms with van der Waals surface area (Å²) in [5, 5.41) is 27.6. The molecule has 1 saturated heterocycles. The summed E-state index contributed by atoms with van der Waals surface area (Å²) in [5.41, 5.74) is -6.79. The fraction of sp³-hybridized carbons (Fsp3) is 0.471. The lowest BCUT2D eigenvalue weighted by atomic mass is 9.49. The third-order valence-corrected chi connectivity index (χ3v) is 14.1. The first-order chi connectivity index (χ1) is 32.1. The Hall–Kier alpha value is -6.43. The molecule has 362 valence electrons. The third-order valence-electron chi connectivity index (χ3n) is 14.1. The van der Waals surface area contributed by atoms with Crippen LogP contribution in [0.2, 0.25) is 0 Å². The molecular weight excluding hydrogens is 883 g/mol. The number of ether oxygens (including phenoxy) is 7. The molecule has 0 aromatic heterocycles. The maximum Gasteiger partial charge on any atom is 0.338 e. The second kappa shape index (κ2) is 18.9. The first-order valence-electron chi connectivity index (χ1n) is 22.4. The van der Waals surface area contributed by atoms with E-state index in [9.17, 15) is 43.8 Å². The van der Waals surface area contributed by atoms with Crippen molar-refractivity contribution < 1.29 is 76.9 Å². The van der Waals surface area contributed by atoms with Crippen molar-refractivity contribution in [1.82, 2.24) is 5.32 Å². The van der Waals surface area contributed by atoms with E-state index in [0.717, 1.165) is 13.8 Å². The van der Waals surface area contributed by atoms with Crippen LogP contribution in [0.1, 0.15) is 101 Å². The van der Waals surface area contributed by atoms with Crippen molar-refractivity contribution in [2.45, 2.75) is 128 Å². The number of rotatable bonds is 13. The second-order valence-electron chi connectivity index (χ2n) is 18.7. The van der Waals surface area contributed by atoms with Crippen LogP contribution in [0.4, 0.5) is 0 Å². The molecule has 2 saturated carbocycles. The summed E-state index contributed by atoms with van der Waals surface area (Å²) in [6.07, 6.45) is -11.4. The van der Waals surface area contributed by atoms with E-state index in [1.54, 1.807) is 85.8 Å². The zero-order chi connectivity index (χ0) is 49.5. The molecule has 1 aliphatic heterocycles. The number of hydrogen-bond acceptors (Lipinski definition) is 16. The molecule has 3 aromatic carbocycles. The smallest absolute Gasteiger partial charge is 0.338 e. The second-order valence-corrected chi connectivity index (χ2v) is 18.7. The van der Waals surface area contributed by atoms with Crippen molar-refractivity contribution in [3.8, 4) is 0 Å². The largest absolute Gasteiger partial charge is 0.462 e. The van der Waals surface area contributed by atoms with Gasteiger partial charge in [0.15, 0.2) is 23.9 Å². The average Bonchev–Trinajstić information content (AvgIpc) is 3.54. The van der Waals surface area contributed by atoms with Crippen LogP contribution in [0, 0.1) is 16.7 Å². The van der Waals surface area contributed by atoms with E-state index in [1.165, 1.54) is 46.8 Å². The summed E-state index contributed by atoms with van der Waals surface area (Å²) in [5.74, 6) is -7.40. The fourth-order valence-corrected chi connectivity index (χ4v) is 11.2. The molecule has 3 aliphatic carbocycles. The van der Waals surface area contributed by atoms with Gasteiger partial charge < -0.3 is 48.7 Å². The monoisotopic (exact) mass is 939 g/mol. The molecule has 68 heavy (non-hydrogen) atoms. The van der Waals surface area contributed by atoms with Gasteiger partial charge >= 0.3 is 35.8 Å². The van der Waals surface area contributed by atoms with Gasteiger partial charge in [0.2, 0.25) is 0 Å². The first-order valence-corrected chi connectivity index (χ1v) is 22.4. The summed E-state index contributed by atoms with van der Waals surface area (Å²) in [4.78, 5) is 96.3. The SMILES string of the molecule is CC(=O)O[C@H]1C[C@H]2OC[C@@]2(OC(C)=O)[C@H]2[C@H](OC(C)=O)[C@]3(C(C)(C)O)C[C@H](OC(=O)[C@H](O)[C@@H](NC(=O)c4ccccc4)c4ccccc4)C(C)=C3[C@@H](OC(=O)c3ccccc3)[C@H](OC(C)=O)[C@]12C. The van der Waals surface area contributed by atoms with Gasteiger partial charge in [-0.3, -0.25) is 24.0 Å². The molecule has 4 aliphatic rings. The zero-order valence-electron chi connectivity index (χ0n) is 39.1. The topological polar surface area (TPSA) is 237 Å². The highest BCUT2D eigenvalue weighted by Crippen LogP contribution is 2.69. The van der Waals surface area contributed by atoms with E-state index in [4.69, 9.17) is 33.2 Å². The number of amides is 1. The van der Waals surface area contributed by atoms with E-state index in [1.807, 2.05) is 0 Å². The molecule has 1 amide bonds. The van der Waals surface area contributed by atoms with Crippen molar-refractivity contribution >= 4 is 41.7 Å². The Morgan fingerprint density at radius 3 is 1.79 bits per heavy atom. The Kier molecular flexibility index (Phi) is 13.8. The number of carbonyl (C=O) groups is 7. The van der Waals surface area contributed by atoms with E-state index in [2.05, 4.69) is 5.32 Å². The number of benzene rings is 3. The molecule has 3 aromatic rings. The Morgan fingerprint density at radius 2 is 1.28 bits per heavy atom. The minimum absolute atomic E-state index is 0.0167. The Morgan fingerprint density at radius 1 is 0.735 bits per heavy atom. The van der Waals surface area contributed by atoms with Crippen LogP contribution < -0.4 is 5.32 Å². The van der Waals surface area contributed by atoms with Crippen LogP contribution in [0.5, 0.6) is 0 Å². The minimum atomic E-state index is -2.07. The van der Waals surface area contributed by atoms with Crippen LogP contribution >= 0.6 is 0 Å². The molecule has 17 heteroatoms. The molecule has 0 spiro atoms. The lowest BCUT2D eigenvalue weighted by molar-refractivity contribution is -0.352. The number of aliphatic hydroxyl groups excluding tert-OH is 1. The molecule has 3 N–H and O–H groups in total. The average molecular weight is 940 g/mol. The van der Waals surface area contributed by atoms with Gasteiger partial charge in [-0.05, 0) is 61.7 Å². The highest BCUT2D eigenvalue weighted by Gasteiger charge is 2.81. The minimum Gasteiger partial charge on any atom is -0.462 e. The van der Waals surface area contributed by atoms with Crippen molar-refractivity contribution in [1.29, 1.82) is 0 Å².